The number of aromatic nitrogens is 2. The predicted molar refractivity (Wildman–Crippen MR) is 104 cm³/mol. The van der Waals surface area contributed by atoms with Crippen molar-refractivity contribution in [2.45, 2.75) is 20.8 Å². The summed E-state index contributed by atoms with van der Waals surface area (Å²) in [4.78, 5) is 12.6. The van der Waals surface area contributed by atoms with E-state index < -0.39 is 0 Å². The normalized spacial score (nSPS) is 11.1. The number of para-hydroxylation sites is 1. The fraction of sp³-hybridized carbons (Fsp3) is 0.182. The maximum Gasteiger partial charge on any atom is 0.189 e. The summed E-state index contributed by atoms with van der Waals surface area (Å²) in [7, 11) is 0. The first kappa shape index (κ1) is 18.6. The molecule has 1 heterocycles. The third kappa shape index (κ3) is 3.97. The topological polar surface area (TPSA) is 44.1 Å². The van der Waals surface area contributed by atoms with Gasteiger partial charge in [0.2, 0.25) is 0 Å². The van der Waals surface area contributed by atoms with Gasteiger partial charge in [0.15, 0.2) is 5.78 Å². The molecule has 0 amide bonds. The van der Waals surface area contributed by atoms with Gasteiger partial charge in [-0.15, -0.1) is 0 Å². The fourth-order valence-corrected chi connectivity index (χ4v) is 2.93. The van der Waals surface area contributed by atoms with E-state index in [1.807, 2.05) is 32.9 Å². The van der Waals surface area contributed by atoms with Crippen LogP contribution in [0.4, 0.5) is 4.39 Å². The van der Waals surface area contributed by atoms with E-state index in [1.54, 1.807) is 35.0 Å². The second kappa shape index (κ2) is 7.99. The number of benzene rings is 2. The van der Waals surface area contributed by atoms with Crippen molar-refractivity contribution in [2.75, 3.05) is 6.61 Å². The van der Waals surface area contributed by atoms with Gasteiger partial charge in [0.25, 0.3) is 0 Å². The lowest BCUT2D eigenvalue weighted by atomic mass is 10.1. The number of carbonyl (C=O) groups is 1. The molecule has 3 rings (SSSR count). The molecule has 3 aromatic rings. The summed E-state index contributed by atoms with van der Waals surface area (Å²) < 4.78 is 20.4. The molecule has 0 spiro atoms. The van der Waals surface area contributed by atoms with Crippen LogP contribution in [0.15, 0.2) is 54.6 Å². The van der Waals surface area contributed by atoms with Crippen LogP contribution < -0.4 is 4.74 Å². The zero-order valence-electron chi connectivity index (χ0n) is 15.6. The van der Waals surface area contributed by atoms with Crippen molar-refractivity contribution < 1.29 is 13.9 Å². The molecule has 5 heteroatoms. The first-order valence-corrected chi connectivity index (χ1v) is 8.77. The van der Waals surface area contributed by atoms with E-state index in [-0.39, 0.29) is 11.6 Å². The number of ether oxygens (including phenoxy) is 1. The average molecular weight is 364 g/mol. The van der Waals surface area contributed by atoms with Crippen molar-refractivity contribution >= 4 is 11.9 Å². The zero-order chi connectivity index (χ0) is 19.4. The Kier molecular flexibility index (Phi) is 5.50. The largest absolute Gasteiger partial charge is 0.493 e. The minimum atomic E-state index is -0.293. The SMILES string of the molecule is CCOc1ccccc1C(=O)/C=C/c1c(C)nn(-c2ccc(F)cc2)c1C. The highest BCUT2D eigenvalue weighted by molar-refractivity contribution is 6.08. The van der Waals surface area contributed by atoms with Crippen LogP contribution in [-0.2, 0) is 0 Å². The lowest BCUT2D eigenvalue weighted by Crippen LogP contribution is -2.01. The summed E-state index contributed by atoms with van der Waals surface area (Å²) >= 11 is 0. The number of halogens is 1. The van der Waals surface area contributed by atoms with Gasteiger partial charge in [0, 0.05) is 11.3 Å². The first-order valence-electron chi connectivity index (χ1n) is 8.77. The van der Waals surface area contributed by atoms with Crippen molar-refractivity contribution in [2.24, 2.45) is 0 Å². The predicted octanol–water partition coefficient (Wildman–Crippen LogP) is 4.92. The van der Waals surface area contributed by atoms with Gasteiger partial charge in [0.1, 0.15) is 11.6 Å². The van der Waals surface area contributed by atoms with E-state index >= 15 is 0 Å². The quantitative estimate of drug-likeness (QED) is 0.460. The van der Waals surface area contributed by atoms with Gasteiger partial charge in [-0.3, -0.25) is 4.79 Å². The van der Waals surface area contributed by atoms with Gasteiger partial charge in [-0.2, -0.15) is 5.10 Å². The number of allylic oxidation sites excluding steroid dienone is 1. The lowest BCUT2D eigenvalue weighted by Gasteiger charge is -2.07. The summed E-state index contributed by atoms with van der Waals surface area (Å²) in [6, 6.07) is 13.3. The average Bonchev–Trinajstić information content (AvgIpc) is 2.95. The molecular weight excluding hydrogens is 343 g/mol. The van der Waals surface area contributed by atoms with E-state index in [2.05, 4.69) is 5.10 Å². The molecule has 0 N–H and O–H groups in total. The van der Waals surface area contributed by atoms with Crippen LogP contribution in [0.1, 0.15) is 34.2 Å². The number of aryl methyl sites for hydroxylation is 1. The number of rotatable bonds is 6. The molecule has 27 heavy (non-hydrogen) atoms. The molecule has 0 radical (unpaired) electrons. The Morgan fingerprint density at radius 3 is 2.56 bits per heavy atom. The highest BCUT2D eigenvalue weighted by Crippen LogP contribution is 2.22. The third-order valence-corrected chi connectivity index (χ3v) is 4.27. The smallest absolute Gasteiger partial charge is 0.189 e. The Labute approximate surface area is 157 Å². The standard InChI is InChI=1S/C22H21FN2O2/c1-4-27-22-8-6-5-7-20(22)21(26)14-13-19-15(2)24-25(16(19)3)18-11-9-17(23)10-12-18/h5-14H,4H2,1-3H3/b14-13+. The molecule has 138 valence electrons. The van der Waals surface area contributed by atoms with Gasteiger partial charge in [-0.05, 0) is 69.3 Å². The van der Waals surface area contributed by atoms with E-state index in [4.69, 9.17) is 4.74 Å². The minimum absolute atomic E-state index is 0.132. The number of carbonyl (C=O) groups excluding carboxylic acids is 1. The summed E-state index contributed by atoms with van der Waals surface area (Å²) in [5, 5.41) is 4.51. The molecule has 0 atom stereocenters. The van der Waals surface area contributed by atoms with Crippen LogP contribution >= 0.6 is 0 Å². The maximum absolute atomic E-state index is 13.2. The van der Waals surface area contributed by atoms with Gasteiger partial charge in [0.05, 0.1) is 23.6 Å². The third-order valence-electron chi connectivity index (χ3n) is 4.27. The van der Waals surface area contributed by atoms with Crippen molar-refractivity contribution in [1.29, 1.82) is 0 Å². The molecule has 0 saturated heterocycles. The summed E-state index contributed by atoms with van der Waals surface area (Å²) in [5.74, 6) is 0.149. The van der Waals surface area contributed by atoms with E-state index in [0.717, 1.165) is 22.6 Å². The minimum Gasteiger partial charge on any atom is -0.493 e. The van der Waals surface area contributed by atoms with Crippen LogP contribution in [0.3, 0.4) is 0 Å². The van der Waals surface area contributed by atoms with E-state index in [9.17, 15) is 9.18 Å². The summed E-state index contributed by atoms with van der Waals surface area (Å²) in [6.07, 6.45) is 3.30. The van der Waals surface area contributed by atoms with Crippen LogP contribution in [-0.4, -0.2) is 22.2 Å². The molecule has 0 aliphatic rings. The number of nitrogens with zero attached hydrogens (tertiary/aromatic N) is 2. The Bertz CT molecular complexity index is 988. The maximum atomic E-state index is 13.2. The van der Waals surface area contributed by atoms with Crippen molar-refractivity contribution in [3.05, 3.63) is 82.9 Å². The molecule has 2 aromatic carbocycles. The monoisotopic (exact) mass is 364 g/mol. The van der Waals surface area contributed by atoms with Crippen molar-refractivity contribution in [1.82, 2.24) is 9.78 Å². The fourth-order valence-electron chi connectivity index (χ4n) is 2.93. The molecule has 0 fully saturated rings. The van der Waals surface area contributed by atoms with Gasteiger partial charge in [-0.25, -0.2) is 9.07 Å². The van der Waals surface area contributed by atoms with Crippen LogP contribution in [0.2, 0.25) is 0 Å². The lowest BCUT2D eigenvalue weighted by molar-refractivity contribution is 0.104. The second-order valence-electron chi connectivity index (χ2n) is 6.10. The van der Waals surface area contributed by atoms with Crippen molar-refractivity contribution in [3.8, 4) is 11.4 Å². The molecule has 0 aliphatic carbocycles. The first-order chi connectivity index (χ1) is 13.0. The Hall–Kier alpha value is -3.21. The van der Waals surface area contributed by atoms with Crippen LogP contribution in [0.5, 0.6) is 5.75 Å². The Balaban J connectivity index is 1.90. The Morgan fingerprint density at radius 2 is 1.85 bits per heavy atom. The van der Waals surface area contributed by atoms with E-state index in [1.165, 1.54) is 18.2 Å². The summed E-state index contributed by atoms with van der Waals surface area (Å²) in [5.41, 5.74) is 3.82. The van der Waals surface area contributed by atoms with Crippen LogP contribution in [0.25, 0.3) is 11.8 Å². The van der Waals surface area contributed by atoms with Gasteiger partial charge in [-0.1, -0.05) is 12.1 Å². The van der Waals surface area contributed by atoms with Crippen LogP contribution in [0, 0.1) is 19.7 Å². The number of hydrogen-bond acceptors (Lipinski definition) is 3. The molecule has 1 aromatic heterocycles. The molecule has 4 nitrogen and oxygen atoms in total. The number of hydrogen-bond donors (Lipinski definition) is 0. The molecule has 0 saturated carbocycles. The van der Waals surface area contributed by atoms with Crippen molar-refractivity contribution in [3.63, 3.8) is 0 Å². The highest BCUT2D eigenvalue weighted by atomic mass is 19.1. The highest BCUT2D eigenvalue weighted by Gasteiger charge is 2.13. The summed E-state index contributed by atoms with van der Waals surface area (Å²) in [6.45, 7) is 6.18. The van der Waals surface area contributed by atoms with Gasteiger partial charge >= 0.3 is 0 Å². The molecule has 0 aliphatic heterocycles. The molecule has 0 unspecified atom stereocenters. The second-order valence-corrected chi connectivity index (χ2v) is 6.10. The van der Waals surface area contributed by atoms with E-state index in [0.29, 0.717) is 17.9 Å². The molecule has 0 bridgehead atoms. The zero-order valence-corrected chi connectivity index (χ0v) is 15.6. The molecular formula is C22H21FN2O2. The Morgan fingerprint density at radius 1 is 1.15 bits per heavy atom. The number of ketones is 1. The van der Waals surface area contributed by atoms with Gasteiger partial charge < -0.3 is 4.74 Å².